The highest BCUT2D eigenvalue weighted by molar-refractivity contribution is 6.01. The summed E-state index contributed by atoms with van der Waals surface area (Å²) >= 11 is 0. The van der Waals surface area contributed by atoms with Crippen LogP contribution in [0.3, 0.4) is 0 Å². The van der Waals surface area contributed by atoms with E-state index >= 15 is 0 Å². The molecule has 8 nitrogen and oxygen atoms in total. The van der Waals surface area contributed by atoms with Gasteiger partial charge in [0.25, 0.3) is 11.8 Å². The lowest BCUT2D eigenvalue weighted by atomic mass is 9.80. The van der Waals surface area contributed by atoms with E-state index in [-0.39, 0.29) is 17.4 Å². The van der Waals surface area contributed by atoms with Gasteiger partial charge in [0.2, 0.25) is 0 Å². The number of nitrogens with zero attached hydrogens (tertiary/aromatic N) is 3. The minimum Gasteiger partial charge on any atom is -0.345 e. The van der Waals surface area contributed by atoms with Crippen LogP contribution in [0, 0.1) is 6.92 Å². The van der Waals surface area contributed by atoms with Crippen molar-refractivity contribution in [2.24, 2.45) is 0 Å². The number of hydrogen-bond donors (Lipinski definition) is 3. The number of carbonyl (C=O) groups is 2. The smallest absolute Gasteiger partial charge is 0.278 e. The molecule has 8 heteroatoms. The summed E-state index contributed by atoms with van der Waals surface area (Å²) in [5.74, 6) is -0.436. The van der Waals surface area contributed by atoms with E-state index in [4.69, 9.17) is 0 Å². The SMILES string of the molecule is Cc1cc(C(=O)n2cc3c(n2)C(=O)NC2(CCNCC2)C3)cc2cn[nH]c12. The highest BCUT2D eigenvalue weighted by Crippen LogP contribution is 2.29. The van der Waals surface area contributed by atoms with Gasteiger partial charge >= 0.3 is 0 Å². The van der Waals surface area contributed by atoms with Crippen molar-refractivity contribution in [2.45, 2.75) is 31.7 Å². The van der Waals surface area contributed by atoms with Crippen LogP contribution in [-0.2, 0) is 6.42 Å². The highest BCUT2D eigenvalue weighted by atomic mass is 16.2. The molecule has 0 bridgehead atoms. The van der Waals surface area contributed by atoms with Crippen LogP contribution in [0.5, 0.6) is 0 Å². The number of aromatic amines is 1. The van der Waals surface area contributed by atoms with Crippen LogP contribution in [0.2, 0.25) is 0 Å². The van der Waals surface area contributed by atoms with Gasteiger partial charge in [-0.1, -0.05) is 0 Å². The molecule has 0 atom stereocenters. The maximum atomic E-state index is 13.0. The van der Waals surface area contributed by atoms with E-state index in [0.29, 0.717) is 17.7 Å². The average molecular weight is 364 g/mol. The van der Waals surface area contributed by atoms with Crippen LogP contribution in [-0.4, -0.2) is 50.4 Å². The number of H-pyrrole nitrogens is 1. The van der Waals surface area contributed by atoms with E-state index in [2.05, 4.69) is 25.9 Å². The number of benzene rings is 1. The Hall–Kier alpha value is -3.00. The predicted molar refractivity (Wildman–Crippen MR) is 98.8 cm³/mol. The molecule has 4 heterocycles. The Balaban J connectivity index is 1.50. The summed E-state index contributed by atoms with van der Waals surface area (Å²) in [7, 11) is 0. The molecule has 0 aliphatic carbocycles. The third-order valence-corrected chi connectivity index (χ3v) is 5.67. The van der Waals surface area contributed by atoms with Crippen molar-refractivity contribution >= 4 is 22.7 Å². The zero-order chi connectivity index (χ0) is 18.6. The maximum absolute atomic E-state index is 13.0. The van der Waals surface area contributed by atoms with Crippen molar-refractivity contribution in [2.75, 3.05) is 13.1 Å². The first-order valence-corrected chi connectivity index (χ1v) is 9.15. The zero-order valence-corrected chi connectivity index (χ0v) is 15.0. The molecule has 1 aromatic carbocycles. The molecule has 2 aliphatic rings. The van der Waals surface area contributed by atoms with Crippen LogP contribution in [0.25, 0.3) is 10.9 Å². The Morgan fingerprint density at radius 3 is 2.89 bits per heavy atom. The van der Waals surface area contributed by atoms with Gasteiger partial charge in [-0.25, -0.2) is 4.68 Å². The maximum Gasteiger partial charge on any atom is 0.278 e. The van der Waals surface area contributed by atoms with E-state index in [9.17, 15) is 9.59 Å². The lowest BCUT2D eigenvalue weighted by Crippen LogP contribution is -2.58. The highest BCUT2D eigenvalue weighted by Gasteiger charge is 2.40. The molecule has 1 amide bonds. The average Bonchev–Trinajstić information content (AvgIpc) is 3.28. The van der Waals surface area contributed by atoms with Gasteiger partial charge in [-0.15, -0.1) is 0 Å². The normalized spacial score (nSPS) is 18.5. The minimum absolute atomic E-state index is 0.189. The van der Waals surface area contributed by atoms with Gasteiger partial charge in [-0.3, -0.25) is 14.7 Å². The molecule has 3 N–H and O–H groups in total. The second-order valence-electron chi connectivity index (χ2n) is 7.54. The van der Waals surface area contributed by atoms with Gasteiger partial charge < -0.3 is 10.6 Å². The number of fused-ring (bicyclic) bond motifs is 2. The fourth-order valence-corrected chi connectivity index (χ4v) is 4.24. The standard InChI is InChI=1S/C19H20N6O2/c1-11-6-12(7-13-9-21-23-15(11)13)18(27)25-10-14-8-19(2-4-20-5-3-19)22-17(26)16(14)24-25/h6-7,9-10,20H,2-5,8H2,1H3,(H,21,23)(H,22,26). The molecule has 0 radical (unpaired) electrons. The first-order valence-electron chi connectivity index (χ1n) is 9.15. The van der Waals surface area contributed by atoms with Crippen LogP contribution >= 0.6 is 0 Å². The van der Waals surface area contributed by atoms with E-state index in [1.54, 1.807) is 18.5 Å². The molecule has 1 saturated heterocycles. The molecular formula is C19H20N6O2. The molecule has 0 saturated carbocycles. The fourth-order valence-electron chi connectivity index (χ4n) is 4.24. The Bertz CT molecular complexity index is 1070. The van der Waals surface area contributed by atoms with Crippen molar-refractivity contribution < 1.29 is 9.59 Å². The summed E-state index contributed by atoms with van der Waals surface area (Å²) in [6.45, 7) is 3.69. The molecule has 138 valence electrons. The van der Waals surface area contributed by atoms with Crippen LogP contribution in [0.15, 0.2) is 24.5 Å². The van der Waals surface area contributed by atoms with Crippen molar-refractivity contribution in [1.29, 1.82) is 0 Å². The first kappa shape index (κ1) is 16.2. The monoisotopic (exact) mass is 364 g/mol. The van der Waals surface area contributed by atoms with Crippen molar-refractivity contribution in [3.05, 3.63) is 46.9 Å². The predicted octanol–water partition coefficient (Wildman–Crippen LogP) is 1.16. The topological polar surface area (TPSA) is 105 Å². The summed E-state index contributed by atoms with van der Waals surface area (Å²) in [5, 5.41) is 18.6. The fraction of sp³-hybridized carbons (Fsp3) is 0.368. The third kappa shape index (κ3) is 2.56. The van der Waals surface area contributed by atoms with Crippen molar-refractivity contribution in [3.8, 4) is 0 Å². The zero-order valence-electron chi connectivity index (χ0n) is 15.0. The number of carbonyl (C=O) groups excluding carboxylic acids is 2. The number of aromatic nitrogens is 4. The number of aryl methyl sites for hydroxylation is 1. The lowest BCUT2D eigenvalue weighted by Gasteiger charge is -2.40. The molecular weight excluding hydrogens is 344 g/mol. The molecule has 1 fully saturated rings. The van der Waals surface area contributed by atoms with Gasteiger partial charge in [0, 0.05) is 28.2 Å². The first-order chi connectivity index (χ1) is 13.0. The van der Waals surface area contributed by atoms with Crippen LogP contribution < -0.4 is 10.6 Å². The molecule has 5 rings (SSSR count). The van der Waals surface area contributed by atoms with Gasteiger partial charge in [0.05, 0.1) is 11.7 Å². The van der Waals surface area contributed by atoms with Crippen molar-refractivity contribution in [1.82, 2.24) is 30.6 Å². The molecule has 1 spiro atoms. The van der Waals surface area contributed by atoms with Gasteiger partial charge in [0.1, 0.15) is 0 Å². The number of piperidine rings is 1. The Labute approximate surface area is 155 Å². The summed E-state index contributed by atoms with van der Waals surface area (Å²) in [6.07, 6.45) is 5.89. The molecule has 3 aromatic rings. The Morgan fingerprint density at radius 1 is 1.26 bits per heavy atom. The van der Waals surface area contributed by atoms with Gasteiger partial charge in [0.15, 0.2) is 5.69 Å². The minimum atomic E-state index is -0.247. The van der Waals surface area contributed by atoms with Gasteiger partial charge in [-0.05, 0) is 57.0 Å². The van der Waals surface area contributed by atoms with Crippen LogP contribution in [0.1, 0.15) is 44.8 Å². The third-order valence-electron chi connectivity index (χ3n) is 5.67. The largest absolute Gasteiger partial charge is 0.345 e. The van der Waals surface area contributed by atoms with E-state index < -0.39 is 0 Å². The second kappa shape index (κ2) is 5.75. The lowest BCUT2D eigenvalue weighted by molar-refractivity contribution is 0.0845. The summed E-state index contributed by atoms with van der Waals surface area (Å²) in [6, 6.07) is 3.61. The Kier molecular flexibility index (Phi) is 3.45. The molecule has 2 aromatic heterocycles. The van der Waals surface area contributed by atoms with E-state index in [1.807, 2.05) is 13.0 Å². The molecule has 2 aliphatic heterocycles. The number of rotatable bonds is 1. The van der Waals surface area contributed by atoms with E-state index in [0.717, 1.165) is 48.0 Å². The molecule has 27 heavy (non-hydrogen) atoms. The summed E-state index contributed by atoms with van der Waals surface area (Å²) < 4.78 is 1.30. The van der Waals surface area contributed by atoms with Crippen LogP contribution in [0.4, 0.5) is 0 Å². The second-order valence-corrected chi connectivity index (χ2v) is 7.54. The van der Waals surface area contributed by atoms with Crippen molar-refractivity contribution in [3.63, 3.8) is 0 Å². The van der Waals surface area contributed by atoms with E-state index in [1.165, 1.54) is 4.68 Å². The number of amides is 1. The molecule has 0 unspecified atom stereocenters. The Morgan fingerprint density at radius 2 is 2.07 bits per heavy atom. The summed E-state index contributed by atoms with van der Waals surface area (Å²) in [4.78, 5) is 25.6. The number of nitrogens with one attached hydrogen (secondary N) is 3. The summed E-state index contributed by atoms with van der Waals surface area (Å²) in [5.41, 5.74) is 3.36. The number of hydrogen-bond acceptors (Lipinski definition) is 5. The van der Waals surface area contributed by atoms with Gasteiger partial charge in [-0.2, -0.15) is 10.2 Å². The quantitative estimate of drug-likeness (QED) is 0.601.